The summed E-state index contributed by atoms with van der Waals surface area (Å²) in [5.41, 5.74) is 1.26. The summed E-state index contributed by atoms with van der Waals surface area (Å²) in [6, 6.07) is 10.3. The van der Waals surface area contributed by atoms with Crippen LogP contribution in [0.3, 0.4) is 0 Å². The molecule has 1 aromatic heterocycles. The average molecular weight is 236 g/mol. The van der Waals surface area contributed by atoms with Crippen LogP contribution in [0.5, 0.6) is 11.5 Å². The van der Waals surface area contributed by atoms with Crippen molar-refractivity contribution < 1.29 is 9.84 Å². The summed E-state index contributed by atoms with van der Waals surface area (Å²) < 4.78 is 5.05. The van der Waals surface area contributed by atoms with E-state index in [4.69, 9.17) is 16.3 Å². The zero-order valence-corrected chi connectivity index (χ0v) is 9.40. The van der Waals surface area contributed by atoms with Gasteiger partial charge in [0.2, 0.25) is 0 Å². The van der Waals surface area contributed by atoms with Crippen molar-refractivity contribution in [3.8, 4) is 22.8 Å². The van der Waals surface area contributed by atoms with E-state index in [2.05, 4.69) is 4.98 Å². The predicted octanol–water partition coefficient (Wildman–Crippen LogP) is 3.12. The number of hydrogen-bond donors (Lipinski definition) is 1. The number of ether oxygens (including phenoxy) is 1. The van der Waals surface area contributed by atoms with Crippen LogP contribution in [0.4, 0.5) is 0 Å². The molecule has 4 heteroatoms. The molecule has 2 aromatic rings. The number of methoxy groups -OCH3 is 1. The van der Waals surface area contributed by atoms with Gasteiger partial charge < -0.3 is 9.84 Å². The SMILES string of the molecule is COc1ccc(-c2nc(Cl)ccc2O)cc1. The number of benzene rings is 1. The number of rotatable bonds is 2. The quantitative estimate of drug-likeness (QED) is 0.814. The lowest BCUT2D eigenvalue weighted by atomic mass is 10.1. The Morgan fingerprint density at radius 3 is 2.44 bits per heavy atom. The highest BCUT2D eigenvalue weighted by molar-refractivity contribution is 6.29. The van der Waals surface area contributed by atoms with Crippen LogP contribution in [0, 0.1) is 0 Å². The maximum Gasteiger partial charge on any atom is 0.141 e. The fourth-order valence-electron chi connectivity index (χ4n) is 1.39. The van der Waals surface area contributed by atoms with Crippen LogP contribution in [0.1, 0.15) is 0 Å². The second-order valence-electron chi connectivity index (χ2n) is 3.23. The van der Waals surface area contributed by atoms with Crippen LogP contribution < -0.4 is 4.74 Å². The molecule has 0 radical (unpaired) electrons. The van der Waals surface area contributed by atoms with Crippen LogP contribution in [0.2, 0.25) is 5.15 Å². The molecule has 0 saturated carbocycles. The van der Waals surface area contributed by atoms with Crippen LogP contribution in [-0.4, -0.2) is 17.2 Å². The lowest BCUT2D eigenvalue weighted by Crippen LogP contribution is -1.86. The first-order valence-electron chi connectivity index (χ1n) is 4.70. The van der Waals surface area contributed by atoms with Gasteiger partial charge in [-0.2, -0.15) is 0 Å². The van der Waals surface area contributed by atoms with Gasteiger partial charge in [0.1, 0.15) is 22.3 Å². The monoisotopic (exact) mass is 235 g/mol. The summed E-state index contributed by atoms with van der Waals surface area (Å²) in [7, 11) is 1.60. The molecule has 82 valence electrons. The first-order valence-corrected chi connectivity index (χ1v) is 5.08. The lowest BCUT2D eigenvalue weighted by Gasteiger charge is -2.05. The number of aromatic nitrogens is 1. The minimum absolute atomic E-state index is 0.106. The molecule has 0 saturated heterocycles. The second-order valence-corrected chi connectivity index (χ2v) is 3.62. The summed E-state index contributed by atoms with van der Waals surface area (Å²) in [4.78, 5) is 4.07. The Morgan fingerprint density at radius 1 is 1.12 bits per heavy atom. The Labute approximate surface area is 98.3 Å². The minimum atomic E-state index is 0.106. The smallest absolute Gasteiger partial charge is 0.141 e. The fourth-order valence-corrected chi connectivity index (χ4v) is 1.54. The van der Waals surface area contributed by atoms with Gasteiger partial charge in [0.05, 0.1) is 7.11 Å². The third-order valence-corrected chi connectivity index (χ3v) is 2.41. The summed E-state index contributed by atoms with van der Waals surface area (Å²) in [5, 5.41) is 10.0. The standard InChI is InChI=1S/C12H10ClNO2/c1-16-9-4-2-8(3-5-9)12-10(15)6-7-11(13)14-12/h2-7,15H,1H3. The minimum Gasteiger partial charge on any atom is -0.506 e. The molecule has 0 aliphatic carbocycles. The average Bonchev–Trinajstić information content (AvgIpc) is 2.32. The first-order chi connectivity index (χ1) is 7.70. The van der Waals surface area contributed by atoms with Crippen LogP contribution in [0.25, 0.3) is 11.3 Å². The third-order valence-electron chi connectivity index (χ3n) is 2.20. The predicted molar refractivity (Wildman–Crippen MR) is 62.9 cm³/mol. The molecule has 0 unspecified atom stereocenters. The van der Waals surface area contributed by atoms with Crippen LogP contribution in [0.15, 0.2) is 36.4 Å². The number of aromatic hydroxyl groups is 1. The highest BCUT2D eigenvalue weighted by Gasteiger charge is 2.06. The van der Waals surface area contributed by atoms with E-state index in [1.54, 1.807) is 25.3 Å². The Hall–Kier alpha value is -1.74. The van der Waals surface area contributed by atoms with Gasteiger partial charge in [-0.3, -0.25) is 0 Å². The van der Waals surface area contributed by atoms with E-state index in [1.807, 2.05) is 12.1 Å². The van der Waals surface area contributed by atoms with Gasteiger partial charge in [-0.1, -0.05) is 11.6 Å². The van der Waals surface area contributed by atoms with Gasteiger partial charge in [0, 0.05) is 5.56 Å². The highest BCUT2D eigenvalue weighted by atomic mass is 35.5. The summed E-state index contributed by atoms with van der Waals surface area (Å²) in [5.74, 6) is 0.861. The van der Waals surface area contributed by atoms with E-state index >= 15 is 0 Å². The van der Waals surface area contributed by atoms with Crippen molar-refractivity contribution in [3.05, 3.63) is 41.6 Å². The summed E-state index contributed by atoms with van der Waals surface area (Å²) >= 11 is 5.78. The van der Waals surface area contributed by atoms with Crippen molar-refractivity contribution in [2.24, 2.45) is 0 Å². The fraction of sp³-hybridized carbons (Fsp3) is 0.0833. The maximum absolute atomic E-state index is 9.66. The molecular formula is C12H10ClNO2. The molecule has 0 atom stereocenters. The Balaban J connectivity index is 2.45. The zero-order valence-electron chi connectivity index (χ0n) is 8.64. The van der Waals surface area contributed by atoms with Crippen molar-refractivity contribution in [1.29, 1.82) is 0 Å². The molecule has 1 N–H and O–H groups in total. The number of hydrogen-bond acceptors (Lipinski definition) is 3. The van der Waals surface area contributed by atoms with Gasteiger partial charge in [-0.25, -0.2) is 4.98 Å². The van der Waals surface area contributed by atoms with Gasteiger partial charge in [-0.15, -0.1) is 0 Å². The molecule has 1 aromatic carbocycles. The van der Waals surface area contributed by atoms with E-state index in [1.165, 1.54) is 6.07 Å². The van der Waals surface area contributed by atoms with E-state index in [0.29, 0.717) is 10.8 Å². The van der Waals surface area contributed by atoms with Crippen LogP contribution >= 0.6 is 11.6 Å². The van der Waals surface area contributed by atoms with E-state index in [9.17, 15) is 5.11 Å². The molecule has 0 bridgehead atoms. The van der Waals surface area contributed by atoms with E-state index in [0.717, 1.165) is 11.3 Å². The van der Waals surface area contributed by atoms with Crippen molar-refractivity contribution >= 4 is 11.6 Å². The largest absolute Gasteiger partial charge is 0.506 e. The van der Waals surface area contributed by atoms with Gasteiger partial charge in [-0.05, 0) is 36.4 Å². The zero-order chi connectivity index (χ0) is 11.5. The molecule has 0 aliphatic rings. The Bertz CT molecular complexity index is 497. The maximum atomic E-state index is 9.66. The first kappa shape index (κ1) is 10.8. The second kappa shape index (κ2) is 4.41. The van der Waals surface area contributed by atoms with Crippen molar-refractivity contribution in [1.82, 2.24) is 4.98 Å². The van der Waals surface area contributed by atoms with Crippen LogP contribution in [-0.2, 0) is 0 Å². The Morgan fingerprint density at radius 2 is 1.81 bits per heavy atom. The molecule has 0 fully saturated rings. The highest BCUT2D eigenvalue weighted by Crippen LogP contribution is 2.29. The molecule has 0 aliphatic heterocycles. The molecule has 16 heavy (non-hydrogen) atoms. The topological polar surface area (TPSA) is 42.4 Å². The molecule has 1 heterocycles. The third kappa shape index (κ3) is 2.09. The summed E-state index contributed by atoms with van der Waals surface area (Å²) in [6.07, 6.45) is 0. The van der Waals surface area contributed by atoms with Gasteiger partial charge in [0.15, 0.2) is 0 Å². The normalized spacial score (nSPS) is 10.1. The van der Waals surface area contributed by atoms with Gasteiger partial charge in [0.25, 0.3) is 0 Å². The molecule has 0 amide bonds. The van der Waals surface area contributed by atoms with E-state index < -0.39 is 0 Å². The summed E-state index contributed by atoms with van der Waals surface area (Å²) in [6.45, 7) is 0. The number of halogens is 1. The van der Waals surface area contributed by atoms with Gasteiger partial charge >= 0.3 is 0 Å². The number of nitrogens with zero attached hydrogens (tertiary/aromatic N) is 1. The lowest BCUT2D eigenvalue weighted by molar-refractivity contribution is 0.415. The van der Waals surface area contributed by atoms with Crippen molar-refractivity contribution in [3.63, 3.8) is 0 Å². The molecule has 3 nitrogen and oxygen atoms in total. The molecule has 0 spiro atoms. The molecule has 2 rings (SSSR count). The number of pyridine rings is 1. The Kier molecular flexibility index (Phi) is 2.97. The van der Waals surface area contributed by atoms with Crippen molar-refractivity contribution in [2.75, 3.05) is 7.11 Å². The van der Waals surface area contributed by atoms with E-state index in [-0.39, 0.29) is 5.75 Å². The van der Waals surface area contributed by atoms with Crippen molar-refractivity contribution in [2.45, 2.75) is 0 Å². The molecular weight excluding hydrogens is 226 g/mol.